The number of carbonyl (C=O) groups excluding carboxylic acids is 1. The Morgan fingerprint density at radius 1 is 1.47 bits per heavy atom. The Bertz CT molecular complexity index is 534. The maximum Gasteiger partial charge on any atom is 0.153 e. The van der Waals surface area contributed by atoms with Gasteiger partial charge in [-0.2, -0.15) is 5.10 Å². The highest BCUT2D eigenvalue weighted by Crippen LogP contribution is 2.24. The molecule has 0 unspecified atom stereocenters. The van der Waals surface area contributed by atoms with Crippen LogP contribution >= 0.6 is 0 Å². The number of aryl methyl sites for hydroxylation is 1. The van der Waals surface area contributed by atoms with E-state index in [-0.39, 0.29) is 5.56 Å². The molecule has 4 heteroatoms. The van der Waals surface area contributed by atoms with Gasteiger partial charge >= 0.3 is 0 Å². The van der Waals surface area contributed by atoms with Gasteiger partial charge in [0, 0.05) is 18.3 Å². The van der Waals surface area contributed by atoms with Crippen molar-refractivity contribution in [2.75, 3.05) is 0 Å². The standard InChI is InChI=1S/C13H13FN2O/c1-2-6-16-8-10(7-15-16)11-4-3-5-13(14)12(11)9-17/h3-5,7-9H,2,6H2,1H3. The Hall–Kier alpha value is -1.97. The van der Waals surface area contributed by atoms with Gasteiger partial charge < -0.3 is 0 Å². The molecule has 0 spiro atoms. The molecule has 1 heterocycles. The number of rotatable bonds is 4. The molecule has 0 aliphatic heterocycles. The van der Waals surface area contributed by atoms with E-state index < -0.39 is 5.82 Å². The first-order valence-corrected chi connectivity index (χ1v) is 5.52. The highest BCUT2D eigenvalue weighted by molar-refractivity contribution is 5.87. The average molecular weight is 232 g/mol. The third-order valence-corrected chi connectivity index (χ3v) is 2.57. The van der Waals surface area contributed by atoms with Crippen molar-refractivity contribution in [3.8, 4) is 11.1 Å². The number of halogens is 1. The summed E-state index contributed by atoms with van der Waals surface area (Å²) >= 11 is 0. The topological polar surface area (TPSA) is 34.9 Å². The Labute approximate surface area is 98.9 Å². The van der Waals surface area contributed by atoms with Crippen LogP contribution in [-0.4, -0.2) is 16.1 Å². The zero-order chi connectivity index (χ0) is 12.3. The van der Waals surface area contributed by atoms with Crippen molar-refractivity contribution >= 4 is 6.29 Å². The van der Waals surface area contributed by atoms with Crippen LogP contribution in [0.5, 0.6) is 0 Å². The molecule has 3 nitrogen and oxygen atoms in total. The average Bonchev–Trinajstić information content (AvgIpc) is 2.78. The highest BCUT2D eigenvalue weighted by Gasteiger charge is 2.10. The van der Waals surface area contributed by atoms with E-state index in [9.17, 15) is 9.18 Å². The zero-order valence-corrected chi connectivity index (χ0v) is 9.56. The quantitative estimate of drug-likeness (QED) is 0.760. The van der Waals surface area contributed by atoms with Crippen molar-refractivity contribution < 1.29 is 9.18 Å². The largest absolute Gasteiger partial charge is 0.298 e. The van der Waals surface area contributed by atoms with Gasteiger partial charge in [0.1, 0.15) is 5.82 Å². The summed E-state index contributed by atoms with van der Waals surface area (Å²) in [4.78, 5) is 10.9. The lowest BCUT2D eigenvalue weighted by molar-refractivity contribution is 0.112. The van der Waals surface area contributed by atoms with E-state index in [1.807, 2.05) is 6.20 Å². The third-order valence-electron chi connectivity index (χ3n) is 2.57. The molecule has 0 fully saturated rings. The maximum atomic E-state index is 13.4. The number of benzene rings is 1. The molecule has 0 amide bonds. The monoisotopic (exact) mass is 232 g/mol. The van der Waals surface area contributed by atoms with E-state index in [0.29, 0.717) is 11.8 Å². The Morgan fingerprint density at radius 2 is 2.29 bits per heavy atom. The van der Waals surface area contributed by atoms with Crippen molar-refractivity contribution in [2.45, 2.75) is 19.9 Å². The number of carbonyl (C=O) groups is 1. The Balaban J connectivity index is 2.45. The number of aromatic nitrogens is 2. The first-order chi connectivity index (χ1) is 8.26. The van der Waals surface area contributed by atoms with Gasteiger partial charge in [-0.1, -0.05) is 19.1 Å². The first kappa shape index (κ1) is 11.5. The summed E-state index contributed by atoms with van der Waals surface area (Å²) < 4.78 is 15.2. The normalized spacial score (nSPS) is 10.5. The van der Waals surface area contributed by atoms with Crippen LogP contribution in [0.15, 0.2) is 30.6 Å². The molecule has 0 radical (unpaired) electrons. The fourth-order valence-corrected chi connectivity index (χ4v) is 1.76. The summed E-state index contributed by atoms with van der Waals surface area (Å²) in [6.45, 7) is 2.87. The van der Waals surface area contributed by atoms with Crippen LogP contribution in [-0.2, 0) is 6.54 Å². The van der Waals surface area contributed by atoms with Crippen molar-refractivity contribution in [1.29, 1.82) is 0 Å². The molecule has 17 heavy (non-hydrogen) atoms. The van der Waals surface area contributed by atoms with Crippen LogP contribution < -0.4 is 0 Å². The molecule has 0 aliphatic carbocycles. The van der Waals surface area contributed by atoms with Gasteiger partial charge in [0.05, 0.1) is 11.8 Å². The molecule has 0 saturated carbocycles. The second-order valence-electron chi connectivity index (χ2n) is 3.81. The van der Waals surface area contributed by atoms with E-state index in [2.05, 4.69) is 12.0 Å². The van der Waals surface area contributed by atoms with Gasteiger partial charge in [-0.15, -0.1) is 0 Å². The van der Waals surface area contributed by atoms with Crippen molar-refractivity contribution in [3.05, 3.63) is 42.0 Å². The smallest absolute Gasteiger partial charge is 0.153 e. The summed E-state index contributed by atoms with van der Waals surface area (Å²) in [5.74, 6) is -0.499. The van der Waals surface area contributed by atoms with E-state index >= 15 is 0 Å². The highest BCUT2D eigenvalue weighted by atomic mass is 19.1. The molecule has 1 aromatic carbocycles. The molecule has 0 bridgehead atoms. The number of nitrogens with zero attached hydrogens (tertiary/aromatic N) is 2. The first-order valence-electron chi connectivity index (χ1n) is 5.52. The lowest BCUT2D eigenvalue weighted by atomic mass is 10.0. The van der Waals surface area contributed by atoms with Crippen molar-refractivity contribution in [1.82, 2.24) is 9.78 Å². The SMILES string of the molecule is CCCn1cc(-c2cccc(F)c2C=O)cn1. The van der Waals surface area contributed by atoms with Crippen LogP contribution in [0.1, 0.15) is 23.7 Å². The number of hydrogen-bond donors (Lipinski definition) is 0. The molecule has 0 saturated heterocycles. The Kier molecular flexibility index (Phi) is 3.32. The lowest BCUT2D eigenvalue weighted by Crippen LogP contribution is -1.95. The van der Waals surface area contributed by atoms with Crippen molar-refractivity contribution in [2.24, 2.45) is 0 Å². The van der Waals surface area contributed by atoms with Crippen molar-refractivity contribution in [3.63, 3.8) is 0 Å². The summed E-state index contributed by atoms with van der Waals surface area (Å²) in [6, 6.07) is 4.60. The van der Waals surface area contributed by atoms with Crippen LogP contribution in [0.3, 0.4) is 0 Å². The molecule has 0 aliphatic rings. The second kappa shape index (κ2) is 4.91. The summed E-state index contributed by atoms with van der Waals surface area (Å²) in [6.07, 6.45) is 5.00. The summed E-state index contributed by atoms with van der Waals surface area (Å²) in [5, 5.41) is 4.17. The third kappa shape index (κ3) is 2.25. The van der Waals surface area contributed by atoms with Crippen LogP contribution in [0, 0.1) is 5.82 Å². The molecule has 2 aromatic rings. The minimum absolute atomic E-state index is 0.0866. The van der Waals surface area contributed by atoms with E-state index in [0.717, 1.165) is 18.5 Å². The molecule has 2 rings (SSSR count). The van der Waals surface area contributed by atoms with Gasteiger partial charge in [-0.05, 0) is 18.1 Å². The van der Waals surface area contributed by atoms with Crippen LogP contribution in [0.25, 0.3) is 11.1 Å². The number of hydrogen-bond acceptors (Lipinski definition) is 2. The molecule has 0 N–H and O–H groups in total. The van der Waals surface area contributed by atoms with E-state index in [1.165, 1.54) is 6.07 Å². The van der Waals surface area contributed by atoms with E-state index in [1.54, 1.807) is 23.0 Å². The van der Waals surface area contributed by atoms with Gasteiger partial charge in [0.25, 0.3) is 0 Å². The summed E-state index contributed by atoms with van der Waals surface area (Å²) in [7, 11) is 0. The second-order valence-corrected chi connectivity index (χ2v) is 3.81. The minimum atomic E-state index is -0.499. The lowest BCUT2D eigenvalue weighted by Gasteiger charge is -2.02. The number of aldehydes is 1. The van der Waals surface area contributed by atoms with Crippen LogP contribution in [0.4, 0.5) is 4.39 Å². The molecule has 1 aromatic heterocycles. The zero-order valence-electron chi connectivity index (χ0n) is 9.56. The van der Waals surface area contributed by atoms with Gasteiger partial charge in [-0.25, -0.2) is 4.39 Å². The molecule has 88 valence electrons. The molecular weight excluding hydrogens is 219 g/mol. The molecule has 0 atom stereocenters. The van der Waals surface area contributed by atoms with Gasteiger partial charge in [0.15, 0.2) is 6.29 Å². The Morgan fingerprint density at radius 3 is 3.00 bits per heavy atom. The minimum Gasteiger partial charge on any atom is -0.298 e. The fraction of sp³-hybridized carbons (Fsp3) is 0.231. The van der Waals surface area contributed by atoms with Gasteiger partial charge in [-0.3, -0.25) is 9.48 Å². The molecular formula is C13H13FN2O. The fourth-order valence-electron chi connectivity index (χ4n) is 1.76. The predicted molar refractivity (Wildman–Crippen MR) is 63.3 cm³/mol. The van der Waals surface area contributed by atoms with E-state index in [4.69, 9.17) is 0 Å². The predicted octanol–water partition coefficient (Wildman–Crippen LogP) is 2.91. The maximum absolute atomic E-state index is 13.4. The van der Waals surface area contributed by atoms with Crippen LogP contribution in [0.2, 0.25) is 0 Å². The summed E-state index contributed by atoms with van der Waals surface area (Å²) in [5.41, 5.74) is 1.44. The van der Waals surface area contributed by atoms with Gasteiger partial charge in [0.2, 0.25) is 0 Å².